The normalized spacial score (nSPS) is 19.3. The van der Waals surface area contributed by atoms with E-state index in [-0.39, 0.29) is 12.5 Å². The molecular weight excluding hydrogens is 355 g/mol. The minimum Gasteiger partial charge on any atom is -0.404 e. The van der Waals surface area contributed by atoms with Crippen LogP contribution in [0.4, 0.5) is 13.2 Å². The lowest BCUT2D eigenvalue weighted by Gasteiger charge is -2.21. The summed E-state index contributed by atoms with van der Waals surface area (Å²) in [5.74, 6) is 0. The zero-order valence-electron chi connectivity index (χ0n) is 11.3. The number of sulfonamides is 1. The van der Waals surface area contributed by atoms with E-state index in [1.54, 1.807) is 4.13 Å². The molecule has 0 aromatic heterocycles. The summed E-state index contributed by atoms with van der Waals surface area (Å²) in [7, 11) is -11.3. The molecule has 0 aliphatic carbocycles. The Labute approximate surface area is 126 Å². The van der Waals surface area contributed by atoms with E-state index in [0.29, 0.717) is 32.7 Å². The van der Waals surface area contributed by atoms with Crippen LogP contribution in [0.5, 0.6) is 0 Å². The van der Waals surface area contributed by atoms with E-state index in [0.717, 1.165) is 0 Å². The Morgan fingerprint density at radius 2 is 1.68 bits per heavy atom. The minimum atomic E-state index is -6.13. The van der Waals surface area contributed by atoms with Crippen LogP contribution in [0.1, 0.15) is 19.3 Å². The fraction of sp³-hybridized carbons (Fsp3) is 1.00. The topological polar surface area (TPSA) is 113 Å². The fourth-order valence-electron chi connectivity index (χ4n) is 1.21. The molecule has 0 aromatic carbocycles. The number of nitrogens with zero attached hydrogens (tertiary/aromatic N) is 1. The van der Waals surface area contributed by atoms with Crippen molar-refractivity contribution in [1.82, 2.24) is 0 Å². The molecule has 1 unspecified atom stereocenters. The maximum atomic E-state index is 12.0. The Kier molecular flexibility index (Phi) is 7.01. The Balaban J connectivity index is 2.14. The van der Waals surface area contributed by atoms with Gasteiger partial charge in [-0.1, -0.05) is 0 Å². The standard InChI is InChI=1S/C9H15F3NO7S2/c10-9(11,12)21(14,15)13-22(16,17)20-5-3-1-2-4-18-6-8-7-19-8/h8H,1-7H2/q-1. The largest absolute Gasteiger partial charge is 0.480 e. The molecule has 0 N–H and O–H groups in total. The molecule has 1 rings (SSSR count). The number of unbranched alkanes of at least 4 members (excludes halogenated alkanes) is 2. The van der Waals surface area contributed by atoms with E-state index in [1.807, 2.05) is 0 Å². The summed E-state index contributed by atoms with van der Waals surface area (Å²) < 4.78 is 94.9. The van der Waals surface area contributed by atoms with Crippen molar-refractivity contribution in [3.8, 4) is 0 Å². The van der Waals surface area contributed by atoms with E-state index < -0.39 is 32.4 Å². The summed E-state index contributed by atoms with van der Waals surface area (Å²) in [5, 5.41) is 0. The fourth-order valence-corrected chi connectivity index (χ4v) is 3.01. The van der Waals surface area contributed by atoms with Gasteiger partial charge in [0.15, 0.2) is 10.0 Å². The van der Waals surface area contributed by atoms with Crippen LogP contribution in [0.3, 0.4) is 0 Å². The molecule has 0 aromatic rings. The molecule has 13 heteroatoms. The van der Waals surface area contributed by atoms with E-state index in [1.165, 1.54) is 0 Å². The molecule has 1 saturated heterocycles. The van der Waals surface area contributed by atoms with E-state index in [9.17, 15) is 30.0 Å². The van der Waals surface area contributed by atoms with Gasteiger partial charge >= 0.3 is 5.51 Å². The third-order valence-corrected chi connectivity index (χ3v) is 4.92. The highest BCUT2D eigenvalue weighted by Gasteiger charge is 2.40. The van der Waals surface area contributed by atoms with Crippen LogP contribution < -0.4 is 0 Å². The smallest absolute Gasteiger partial charge is 0.404 e. The first-order valence-electron chi connectivity index (χ1n) is 6.18. The van der Waals surface area contributed by atoms with Crippen LogP contribution in [-0.2, 0) is 34.0 Å². The third-order valence-electron chi connectivity index (χ3n) is 2.35. The molecule has 0 bridgehead atoms. The van der Waals surface area contributed by atoms with Gasteiger partial charge < -0.3 is 13.6 Å². The van der Waals surface area contributed by atoms with Crippen molar-refractivity contribution in [3.05, 3.63) is 4.13 Å². The molecule has 1 fully saturated rings. The maximum absolute atomic E-state index is 12.0. The molecular formula is C9H15F3NO7S2-. The number of halogens is 3. The number of epoxide rings is 1. The molecule has 0 amide bonds. The Bertz CT molecular complexity index is 542. The summed E-state index contributed by atoms with van der Waals surface area (Å²) in [5.41, 5.74) is -5.79. The second kappa shape index (κ2) is 7.88. The highest BCUT2D eigenvalue weighted by atomic mass is 32.3. The molecule has 1 aliphatic rings. The minimum absolute atomic E-state index is 0.144. The molecule has 0 spiro atoms. The molecule has 1 atom stereocenters. The summed E-state index contributed by atoms with van der Waals surface area (Å²) in [6, 6.07) is 0. The lowest BCUT2D eigenvalue weighted by atomic mass is 10.2. The van der Waals surface area contributed by atoms with E-state index in [2.05, 4.69) is 4.18 Å². The number of ether oxygens (including phenoxy) is 2. The maximum Gasteiger partial charge on any atom is 0.480 e. The predicted molar refractivity (Wildman–Crippen MR) is 67.6 cm³/mol. The molecule has 0 radical (unpaired) electrons. The number of hydrogen-bond acceptors (Lipinski definition) is 7. The van der Waals surface area contributed by atoms with Crippen LogP contribution in [0.15, 0.2) is 0 Å². The molecule has 1 aliphatic heterocycles. The van der Waals surface area contributed by atoms with Gasteiger partial charge in [-0.3, -0.25) is 4.18 Å². The van der Waals surface area contributed by atoms with Gasteiger partial charge in [-0.15, -0.1) is 0 Å². The van der Waals surface area contributed by atoms with Crippen LogP contribution >= 0.6 is 0 Å². The summed E-state index contributed by atoms with van der Waals surface area (Å²) in [6.45, 7) is 1.12. The van der Waals surface area contributed by atoms with Crippen LogP contribution in [0.2, 0.25) is 0 Å². The monoisotopic (exact) mass is 370 g/mol. The zero-order valence-corrected chi connectivity index (χ0v) is 12.9. The van der Waals surface area contributed by atoms with Gasteiger partial charge in [0.05, 0.1) is 19.8 Å². The average molecular weight is 370 g/mol. The second-order valence-electron chi connectivity index (χ2n) is 4.34. The van der Waals surface area contributed by atoms with Crippen molar-refractivity contribution in [2.45, 2.75) is 30.9 Å². The highest BCUT2D eigenvalue weighted by molar-refractivity contribution is 8.10. The summed E-state index contributed by atoms with van der Waals surface area (Å²) in [6.07, 6.45) is 1.43. The second-order valence-corrected chi connectivity index (χ2v) is 7.44. The van der Waals surface area contributed by atoms with Gasteiger partial charge in [0.25, 0.3) is 0 Å². The molecule has 0 saturated carbocycles. The van der Waals surface area contributed by atoms with Crippen molar-refractivity contribution < 1.29 is 43.7 Å². The zero-order chi connectivity index (χ0) is 16.9. The first-order chi connectivity index (χ1) is 10.0. The lowest BCUT2D eigenvalue weighted by Crippen LogP contribution is -2.24. The summed E-state index contributed by atoms with van der Waals surface area (Å²) >= 11 is 0. The Morgan fingerprint density at radius 1 is 1.09 bits per heavy atom. The van der Waals surface area contributed by atoms with E-state index >= 15 is 0 Å². The van der Waals surface area contributed by atoms with Crippen molar-refractivity contribution in [3.63, 3.8) is 0 Å². The Hall–Kier alpha value is -0.470. The molecule has 8 nitrogen and oxygen atoms in total. The SMILES string of the molecule is O=S(=O)([N-]S(=O)(=O)C(F)(F)F)OCCCCCOCC1CO1. The van der Waals surface area contributed by atoms with Crippen molar-refractivity contribution >= 4 is 20.3 Å². The quantitative estimate of drug-likeness (QED) is 0.395. The Morgan fingerprint density at radius 3 is 2.23 bits per heavy atom. The van der Waals surface area contributed by atoms with Gasteiger partial charge in [-0.05, 0) is 19.3 Å². The van der Waals surface area contributed by atoms with Crippen molar-refractivity contribution in [2.75, 3.05) is 26.4 Å². The van der Waals surface area contributed by atoms with Crippen LogP contribution in [0.25, 0.3) is 4.13 Å². The molecule has 22 heavy (non-hydrogen) atoms. The average Bonchev–Trinajstić information content (AvgIpc) is 3.13. The molecule has 1 heterocycles. The van der Waals surface area contributed by atoms with Gasteiger partial charge in [0, 0.05) is 6.61 Å². The highest BCUT2D eigenvalue weighted by Crippen LogP contribution is 2.30. The molecule has 132 valence electrons. The summed E-state index contributed by atoms with van der Waals surface area (Å²) in [4.78, 5) is 0. The van der Waals surface area contributed by atoms with Gasteiger partial charge in [-0.2, -0.15) is 13.2 Å². The van der Waals surface area contributed by atoms with Crippen molar-refractivity contribution in [1.29, 1.82) is 0 Å². The van der Waals surface area contributed by atoms with Crippen LogP contribution in [-0.4, -0.2) is 54.9 Å². The third kappa shape index (κ3) is 7.69. The van der Waals surface area contributed by atoms with E-state index in [4.69, 9.17) is 9.47 Å². The lowest BCUT2D eigenvalue weighted by molar-refractivity contribution is -0.0425. The number of hydrogen-bond donors (Lipinski definition) is 0. The van der Waals surface area contributed by atoms with Crippen LogP contribution in [0, 0.1) is 0 Å². The van der Waals surface area contributed by atoms with Crippen molar-refractivity contribution in [2.24, 2.45) is 0 Å². The predicted octanol–water partition coefficient (Wildman–Crippen LogP) is 1.06. The number of alkyl halides is 3. The van der Waals surface area contributed by atoms with Gasteiger partial charge in [0.2, 0.25) is 10.3 Å². The number of rotatable bonds is 11. The van der Waals surface area contributed by atoms with Gasteiger partial charge in [-0.25, -0.2) is 16.8 Å². The first kappa shape index (κ1) is 19.6. The van der Waals surface area contributed by atoms with Gasteiger partial charge in [0.1, 0.15) is 6.10 Å². The first-order valence-corrected chi connectivity index (χ1v) is 8.98.